The predicted molar refractivity (Wildman–Crippen MR) is 136 cm³/mol. The van der Waals surface area contributed by atoms with Crippen LogP contribution in [-0.2, 0) is 32.0 Å². The third-order valence-electron chi connectivity index (χ3n) is 6.42. The van der Waals surface area contributed by atoms with E-state index in [0.717, 1.165) is 11.5 Å². The van der Waals surface area contributed by atoms with E-state index in [-0.39, 0.29) is 18.1 Å². The standard InChI is InChI=1S/2C10H14O.2C5H5.Zr/c2*1-10(2,3)8-4-6-9(11)7-5-8;2*1-2-4-5-3-1;/h2*4-7,11H,1-3H3;2*1-5H;/q;;;;+2/p-2. The molecule has 0 saturated carbocycles. The molecule has 2 aromatic carbocycles. The first-order chi connectivity index (χ1) is 15.6. The van der Waals surface area contributed by atoms with Gasteiger partial charge in [-0.05, 0) is 0 Å². The summed E-state index contributed by atoms with van der Waals surface area (Å²) in [5, 5.41) is 0. The molecule has 33 heavy (non-hydrogen) atoms. The van der Waals surface area contributed by atoms with Crippen molar-refractivity contribution in [3.8, 4) is 11.5 Å². The van der Waals surface area contributed by atoms with Crippen LogP contribution in [0.3, 0.4) is 0 Å². The molecule has 0 atom stereocenters. The summed E-state index contributed by atoms with van der Waals surface area (Å²) in [5.41, 5.74) is 2.82. The van der Waals surface area contributed by atoms with E-state index in [4.69, 9.17) is 5.63 Å². The maximum atomic E-state index is 7.02. The van der Waals surface area contributed by atoms with Gasteiger partial charge in [0.1, 0.15) is 0 Å². The van der Waals surface area contributed by atoms with E-state index in [1.165, 1.54) is 11.1 Å². The average molecular weight is 520 g/mol. The van der Waals surface area contributed by atoms with Crippen molar-refractivity contribution in [3.63, 3.8) is 0 Å². The van der Waals surface area contributed by atoms with E-state index in [0.29, 0.717) is 0 Å². The minimum atomic E-state index is -3.89. The zero-order valence-corrected chi connectivity index (χ0v) is 23.2. The molecule has 2 nitrogen and oxygen atoms in total. The molecular weight excluding hydrogens is 484 g/mol. The summed E-state index contributed by atoms with van der Waals surface area (Å²) >= 11 is -3.89. The molecule has 0 radical (unpaired) electrons. The van der Waals surface area contributed by atoms with Crippen LogP contribution in [0, 0.1) is 0 Å². The molecule has 0 heterocycles. The molecule has 172 valence electrons. The summed E-state index contributed by atoms with van der Waals surface area (Å²) in [6, 6.07) is 17.2. The van der Waals surface area contributed by atoms with Crippen LogP contribution in [0.15, 0.2) is 97.1 Å². The molecule has 0 saturated heterocycles. The maximum absolute atomic E-state index is 7.02. The molecule has 2 aliphatic rings. The SMILES string of the molecule is CC(C)(C)c1ccc([O][Zr]([O]c2ccc(C(C)(C)C)cc2)([CH]2C=CC=C2)[CH]2C=CC=C2)cc1. The van der Waals surface area contributed by atoms with Gasteiger partial charge in [0.15, 0.2) is 0 Å². The molecule has 0 amide bonds. The minimum absolute atomic E-state index is 0.109. The van der Waals surface area contributed by atoms with E-state index >= 15 is 0 Å². The van der Waals surface area contributed by atoms with Gasteiger partial charge in [-0.25, -0.2) is 0 Å². The molecule has 0 aromatic heterocycles. The first-order valence-electron chi connectivity index (χ1n) is 11.9. The zero-order valence-electron chi connectivity index (χ0n) is 20.7. The van der Waals surface area contributed by atoms with Crippen LogP contribution in [0.4, 0.5) is 0 Å². The van der Waals surface area contributed by atoms with Gasteiger partial charge in [-0.1, -0.05) is 0 Å². The predicted octanol–water partition coefficient (Wildman–Crippen LogP) is 8.55. The Balaban J connectivity index is 1.73. The second-order valence-corrected chi connectivity index (χ2v) is 18.9. The summed E-state index contributed by atoms with van der Waals surface area (Å²) < 4.78 is 14.4. The van der Waals surface area contributed by atoms with Gasteiger partial charge in [0.25, 0.3) is 0 Å². The van der Waals surface area contributed by atoms with E-state index in [9.17, 15) is 0 Å². The fourth-order valence-electron chi connectivity index (χ4n) is 4.33. The van der Waals surface area contributed by atoms with Crippen LogP contribution in [0.2, 0.25) is 7.25 Å². The van der Waals surface area contributed by atoms with Gasteiger partial charge in [-0.2, -0.15) is 0 Å². The average Bonchev–Trinajstić information content (AvgIpc) is 3.47. The molecule has 0 spiro atoms. The van der Waals surface area contributed by atoms with Crippen LogP contribution in [0.5, 0.6) is 11.5 Å². The van der Waals surface area contributed by atoms with Crippen LogP contribution in [-0.4, -0.2) is 0 Å². The molecule has 0 fully saturated rings. The molecule has 2 aromatic rings. The summed E-state index contributed by atoms with van der Waals surface area (Å²) in [7, 11) is 0. The Hall–Kier alpha value is -2.12. The molecule has 0 bridgehead atoms. The molecule has 3 heteroatoms. The van der Waals surface area contributed by atoms with Crippen LogP contribution in [0.1, 0.15) is 52.7 Å². The molecule has 0 N–H and O–H groups in total. The van der Waals surface area contributed by atoms with E-state index in [1.807, 2.05) is 0 Å². The van der Waals surface area contributed by atoms with Gasteiger partial charge >= 0.3 is 206 Å². The van der Waals surface area contributed by atoms with Crippen molar-refractivity contribution in [1.29, 1.82) is 0 Å². The van der Waals surface area contributed by atoms with Crippen LogP contribution in [0.25, 0.3) is 0 Å². The fourth-order valence-corrected chi connectivity index (χ4v) is 13.1. The molecule has 2 aliphatic carbocycles. The summed E-state index contributed by atoms with van der Waals surface area (Å²) in [6.07, 6.45) is 17.5. The normalized spacial score (nSPS) is 16.7. The van der Waals surface area contributed by atoms with Crippen molar-refractivity contribution in [3.05, 3.63) is 108 Å². The van der Waals surface area contributed by atoms with Gasteiger partial charge in [-0.3, -0.25) is 0 Å². The van der Waals surface area contributed by atoms with Crippen LogP contribution >= 0.6 is 0 Å². The van der Waals surface area contributed by atoms with Crippen molar-refractivity contribution in [2.45, 2.75) is 59.6 Å². The molecular formula is C30H36O2Zr. The second kappa shape index (κ2) is 9.26. The quantitative estimate of drug-likeness (QED) is 0.381. The Morgan fingerprint density at radius 3 is 1.09 bits per heavy atom. The van der Waals surface area contributed by atoms with Crippen molar-refractivity contribution < 1.29 is 26.8 Å². The summed E-state index contributed by atoms with van der Waals surface area (Å²) in [6.45, 7) is 13.4. The van der Waals surface area contributed by atoms with Crippen LogP contribution < -0.4 is 5.63 Å². The number of hydrogen-bond donors (Lipinski definition) is 0. The summed E-state index contributed by atoms with van der Waals surface area (Å²) in [5.74, 6) is 1.79. The van der Waals surface area contributed by atoms with E-state index in [2.05, 4.69) is 139 Å². The van der Waals surface area contributed by atoms with E-state index in [1.54, 1.807) is 0 Å². The number of benzene rings is 2. The van der Waals surface area contributed by atoms with Gasteiger partial charge < -0.3 is 0 Å². The number of hydrogen-bond acceptors (Lipinski definition) is 2. The Bertz CT molecular complexity index is 961. The topological polar surface area (TPSA) is 18.5 Å². The Kier molecular flexibility index (Phi) is 6.74. The Morgan fingerprint density at radius 1 is 0.515 bits per heavy atom. The summed E-state index contributed by atoms with van der Waals surface area (Å²) in [4.78, 5) is 0. The van der Waals surface area contributed by atoms with Gasteiger partial charge in [-0.15, -0.1) is 0 Å². The molecule has 4 rings (SSSR count). The van der Waals surface area contributed by atoms with Crippen molar-refractivity contribution >= 4 is 0 Å². The van der Waals surface area contributed by atoms with E-state index < -0.39 is 21.1 Å². The molecule has 0 aliphatic heterocycles. The van der Waals surface area contributed by atoms with Crippen molar-refractivity contribution in [1.82, 2.24) is 0 Å². The fraction of sp³-hybridized carbons (Fsp3) is 0.333. The van der Waals surface area contributed by atoms with Crippen molar-refractivity contribution in [2.24, 2.45) is 0 Å². The zero-order chi connectivity index (χ0) is 23.7. The first-order valence-corrected chi connectivity index (χ1v) is 16.7. The monoisotopic (exact) mass is 518 g/mol. The van der Waals surface area contributed by atoms with Gasteiger partial charge in [0, 0.05) is 0 Å². The van der Waals surface area contributed by atoms with Gasteiger partial charge in [0.2, 0.25) is 0 Å². The third kappa shape index (κ3) is 5.35. The molecule has 0 unspecified atom stereocenters. The number of allylic oxidation sites excluding steroid dienone is 8. The second-order valence-electron chi connectivity index (χ2n) is 11.1. The Morgan fingerprint density at radius 2 is 0.818 bits per heavy atom. The Labute approximate surface area is 205 Å². The number of rotatable bonds is 6. The van der Waals surface area contributed by atoms with Gasteiger partial charge in [0.05, 0.1) is 0 Å². The van der Waals surface area contributed by atoms with Crippen molar-refractivity contribution in [2.75, 3.05) is 0 Å². The third-order valence-corrected chi connectivity index (χ3v) is 15.6. The first kappa shape index (κ1) is 24.0.